The number of carbonyl (C=O) groups is 2. The van der Waals surface area contributed by atoms with Crippen LogP contribution in [0, 0.1) is 0 Å². The van der Waals surface area contributed by atoms with E-state index >= 15 is 0 Å². The number of ketones is 1. The van der Waals surface area contributed by atoms with Gasteiger partial charge in [0.1, 0.15) is 5.78 Å². The lowest BCUT2D eigenvalue weighted by Gasteiger charge is -2.38. The van der Waals surface area contributed by atoms with E-state index < -0.39 is 0 Å². The smallest absolute Gasteiger partial charge is 0.236 e. The molecule has 19 heavy (non-hydrogen) atoms. The van der Waals surface area contributed by atoms with Crippen LogP contribution in [-0.2, 0) is 9.59 Å². The fourth-order valence-electron chi connectivity index (χ4n) is 2.70. The minimum Gasteiger partial charge on any atom is -0.396 e. The molecule has 1 saturated carbocycles. The lowest BCUT2D eigenvalue weighted by Crippen LogP contribution is -2.49. The van der Waals surface area contributed by atoms with Crippen molar-refractivity contribution < 1.29 is 14.7 Å². The van der Waals surface area contributed by atoms with E-state index in [1.54, 1.807) is 0 Å². The van der Waals surface area contributed by atoms with Crippen molar-refractivity contribution in [3.8, 4) is 0 Å². The second kappa shape index (κ2) is 7.01. The quantitative estimate of drug-likeness (QED) is 0.758. The minimum atomic E-state index is 0.136. The van der Waals surface area contributed by atoms with Gasteiger partial charge in [-0.15, -0.1) is 0 Å². The highest BCUT2D eigenvalue weighted by Crippen LogP contribution is 2.25. The molecule has 5 nitrogen and oxygen atoms in total. The Labute approximate surface area is 114 Å². The van der Waals surface area contributed by atoms with Gasteiger partial charge < -0.3 is 10.0 Å². The van der Waals surface area contributed by atoms with Crippen LogP contribution in [0.4, 0.5) is 0 Å². The van der Waals surface area contributed by atoms with E-state index in [1.807, 2.05) is 4.90 Å². The van der Waals surface area contributed by atoms with Gasteiger partial charge in [-0.3, -0.25) is 14.5 Å². The molecular weight excluding hydrogens is 244 g/mol. The fraction of sp³-hybridized carbons (Fsp3) is 0.857. The maximum Gasteiger partial charge on any atom is 0.236 e. The Morgan fingerprint density at radius 1 is 1.32 bits per heavy atom. The van der Waals surface area contributed by atoms with E-state index in [2.05, 4.69) is 4.90 Å². The summed E-state index contributed by atoms with van der Waals surface area (Å²) in [4.78, 5) is 27.4. The van der Waals surface area contributed by atoms with E-state index in [1.165, 1.54) is 6.42 Å². The number of aliphatic hydroxyl groups is 1. The van der Waals surface area contributed by atoms with Gasteiger partial charge >= 0.3 is 0 Å². The summed E-state index contributed by atoms with van der Waals surface area (Å²) in [5.74, 6) is 0.400. The zero-order chi connectivity index (χ0) is 13.7. The van der Waals surface area contributed by atoms with Crippen LogP contribution in [0.5, 0.6) is 0 Å². The van der Waals surface area contributed by atoms with Crippen LogP contribution in [-0.4, -0.2) is 65.4 Å². The first-order valence-electron chi connectivity index (χ1n) is 7.35. The Kier molecular flexibility index (Phi) is 5.34. The van der Waals surface area contributed by atoms with Crippen LogP contribution < -0.4 is 0 Å². The summed E-state index contributed by atoms with van der Waals surface area (Å²) >= 11 is 0. The molecule has 1 amide bonds. The highest BCUT2D eigenvalue weighted by molar-refractivity contribution is 5.84. The predicted octanol–water partition coefficient (Wildman–Crippen LogP) is 0.415. The number of hydrogen-bond donors (Lipinski definition) is 1. The van der Waals surface area contributed by atoms with Gasteiger partial charge in [0.15, 0.2) is 0 Å². The van der Waals surface area contributed by atoms with Crippen molar-refractivity contribution in [2.45, 2.75) is 44.6 Å². The molecule has 2 rings (SSSR count). The average molecular weight is 268 g/mol. The molecule has 108 valence electrons. The number of carbonyl (C=O) groups excluding carboxylic acids is 2. The molecule has 0 spiro atoms. The van der Waals surface area contributed by atoms with Gasteiger partial charge in [-0.25, -0.2) is 0 Å². The van der Waals surface area contributed by atoms with Crippen LogP contribution in [0.3, 0.4) is 0 Å². The van der Waals surface area contributed by atoms with E-state index in [4.69, 9.17) is 5.11 Å². The molecule has 0 atom stereocenters. The summed E-state index contributed by atoms with van der Waals surface area (Å²) in [5, 5.41) is 8.94. The first kappa shape index (κ1) is 14.5. The van der Waals surface area contributed by atoms with Crippen molar-refractivity contribution >= 4 is 11.7 Å². The molecule has 0 unspecified atom stereocenters. The Bertz CT molecular complexity index is 319. The third-order valence-electron chi connectivity index (χ3n) is 4.21. The van der Waals surface area contributed by atoms with Crippen molar-refractivity contribution in [3.05, 3.63) is 0 Å². The van der Waals surface area contributed by atoms with Crippen molar-refractivity contribution in [2.24, 2.45) is 0 Å². The maximum absolute atomic E-state index is 12.2. The van der Waals surface area contributed by atoms with Gasteiger partial charge in [-0.2, -0.15) is 0 Å². The summed E-state index contributed by atoms with van der Waals surface area (Å²) in [6.45, 7) is 2.57. The standard InChI is InChI=1S/C14H24N2O3/c17-10-2-7-16(12-3-1-4-12)11-14(19)15-8-5-13(18)6-9-15/h12,17H,1-11H2. The van der Waals surface area contributed by atoms with Gasteiger partial charge in [0.25, 0.3) is 0 Å². The molecule has 0 aromatic carbocycles. The number of hydrogen-bond acceptors (Lipinski definition) is 4. The van der Waals surface area contributed by atoms with E-state index in [9.17, 15) is 9.59 Å². The summed E-state index contributed by atoms with van der Waals surface area (Å²) < 4.78 is 0. The molecule has 5 heteroatoms. The van der Waals surface area contributed by atoms with Crippen LogP contribution in [0.2, 0.25) is 0 Å². The number of amides is 1. The number of Topliss-reactive ketones (excluding diaryl/α,β-unsaturated/α-hetero) is 1. The van der Waals surface area contributed by atoms with E-state index in [0.29, 0.717) is 38.5 Å². The van der Waals surface area contributed by atoms with Gasteiger partial charge in [-0.05, 0) is 19.3 Å². The Hall–Kier alpha value is -0.940. The molecule has 1 saturated heterocycles. The number of likely N-dealkylation sites (tertiary alicyclic amines) is 1. The van der Waals surface area contributed by atoms with Crippen LogP contribution >= 0.6 is 0 Å². The largest absolute Gasteiger partial charge is 0.396 e. The molecule has 0 aromatic rings. The van der Waals surface area contributed by atoms with Crippen molar-refractivity contribution in [1.82, 2.24) is 9.80 Å². The predicted molar refractivity (Wildman–Crippen MR) is 71.7 cm³/mol. The summed E-state index contributed by atoms with van der Waals surface area (Å²) in [6, 6.07) is 0.516. The molecule has 1 heterocycles. The first-order valence-corrected chi connectivity index (χ1v) is 7.35. The summed E-state index contributed by atoms with van der Waals surface area (Å²) in [6.07, 6.45) is 5.31. The molecule has 1 aliphatic carbocycles. The molecular formula is C14H24N2O3. The third kappa shape index (κ3) is 4.01. The SMILES string of the molecule is O=C1CCN(C(=O)CN(CCCO)C2CCC2)CC1. The molecule has 2 fully saturated rings. The lowest BCUT2D eigenvalue weighted by atomic mass is 9.91. The molecule has 1 N–H and O–H groups in total. The van der Waals surface area contributed by atoms with Gasteiger partial charge in [0, 0.05) is 45.1 Å². The van der Waals surface area contributed by atoms with Gasteiger partial charge in [0.2, 0.25) is 5.91 Å². The average Bonchev–Trinajstić information content (AvgIpc) is 2.34. The molecule has 0 aromatic heterocycles. The zero-order valence-electron chi connectivity index (χ0n) is 11.5. The molecule has 1 aliphatic heterocycles. The summed E-state index contributed by atoms with van der Waals surface area (Å²) in [7, 11) is 0. The second-order valence-corrected chi connectivity index (χ2v) is 5.55. The highest BCUT2D eigenvalue weighted by atomic mass is 16.3. The number of piperidine rings is 1. The number of nitrogens with zero attached hydrogens (tertiary/aromatic N) is 2. The Balaban J connectivity index is 1.81. The highest BCUT2D eigenvalue weighted by Gasteiger charge is 2.28. The monoisotopic (exact) mass is 268 g/mol. The first-order chi connectivity index (χ1) is 9.20. The zero-order valence-corrected chi connectivity index (χ0v) is 11.5. The van der Waals surface area contributed by atoms with Crippen molar-refractivity contribution in [3.63, 3.8) is 0 Å². The molecule has 2 aliphatic rings. The third-order valence-corrected chi connectivity index (χ3v) is 4.21. The van der Waals surface area contributed by atoms with E-state index in [-0.39, 0.29) is 18.3 Å². The summed E-state index contributed by atoms with van der Waals surface area (Å²) in [5.41, 5.74) is 0. The lowest BCUT2D eigenvalue weighted by molar-refractivity contribution is -0.136. The van der Waals surface area contributed by atoms with Crippen molar-refractivity contribution in [2.75, 3.05) is 32.8 Å². The van der Waals surface area contributed by atoms with Crippen LogP contribution in [0.15, 0.2) is 0 Å². The molecule has 0 bridgehead atoms. The second-order valence-electron chi connectivity index (χ2n) is 5.55. The Morgan fingerprint density at radius 2 is 2.00 bits per heavy atom. The Morgan fingerprint density at radius 3 is 2.53 bits per heavy atom. The van der Waals surface area contributed by atoms with Crippen LogP contribution in [0.1, 0.15) is 38.5 Å². The maximum atomic E-state index is 12.2. The normalized spacial score (nSPS) is 20.7. The van der Waals surface area contributed by atoms with Crippen LogP contribution in [0.25, 0.3) is 0 Å². The van der Waals surface area contributed by atoms with Gasteiger partial charge in [0.05, 0.1) is 6.54 Å². The minimum absolute atomic E-state index is 0.136. The number of rotatable bonds is 6. The number of aliphatic hydroxyl groups excluding tert-OH is 1. The topological polar surface area (TPSA) is 60.9 Å². The molecule has 0 radical (unpaired) electrons. The van der Waals surface area contributed by atoms with Gasteiger partial charge in [-0.1, -0.05) is 6.42 Å². The van der Waals surface area contributed by atoms with E-state index in [0.717, 1.165) is 25.8 Å². The van der Waals surface area contributed by atoms with Crippen molar-refractivity contribution in [1.29, 1.82) is 0 Å². The fourth-order valence-corrected chi connectivity index (χ4v) is 2.70.